The molecule has 2 rings (SSSR count). The van der Waals surface area contributed by atoms with Gasteiger partial charge in [0.15, 0.2) is 0 Å². The highest BCUT2D eigenvalue weighted by atomic mass is 32.2. The van der Waals surface area contributed by atoms with Crippen LogP contribution in [0, 0.1) is 0 Å². The third-order valence-electron chi connectivity index (χ3n) is 2.47. The van der Waals surface area contributed by atoms with Crippen LogP contribution in [0.15, 0.2) is 34.0 Å². The fourth-order valence-electron chi connectivity index (χ4n) is 1.44. The van der Waals surface area contributed by atoms with Crippen molar-refractivity contribution in [3.63, 3.8) is 0 Å². The average molecular weight is 282 g/mol. The Morgan fingerprint density at radius 2 is 2.21 bits per heavy atom. The molecule has 19 heavy (non-hydrogen) atoms. The lowest BCUT2D eigenvalue weighted by Crippen LogP contribution is -2.24. The minimum atomic E-state index is -3.72. The maximum absolute atomic E-state index is 12.0. The number of nitrogens with one attached hydrogen (secondary N) is 1. The molecule has 0 bridgehead atoms. The third-order valence-corrected chi connectivity index (χ3v) is 3.91. The molecule has 2 aromatic rings. The van der Waals surface area contributed by atoms with Crippen LogP contribution in [-0.2, 0) is 23.0 Å². The molecule has 0 fully saturated rings. The number of nitrogens with zero attached hydrogens (tertiary/aromatic N) is 2. The summed E-state index contributed by atoms with van der Waals surface area (Å²) < 4.78 is 31.7. The van der Waals surface area contributed by atoms with E-state index < -0.39 is 10.0 Å². The van der Waals surface area contributed by atoms with Crippen molar-refractivity contribution >= 4 is 15.7 Å². The summed E-state index contributed by atoms with van der Waals surface area (Å²) in [6.45, 7) is 1.89. The summed E-state index contributed by atoms with van der Waals surface area (Å²) in [6.07, 6.45) is 4.90. The van der Waals surface area contributed by atoms with Crippen LogP contribution < -0.4 is 10.5 Å². The number of hydrogen-bond donors (Lipinski definition) is 2. The van der Waals surface area contributed by atoms with Gasteiger partial charge in [-0.25, -0.2) is 18.1 Å². The molecule has 2 aromatic heterocycles. The molecule has 0 atom stereocenters. The molecule has 7 nitrogen and oxygen atoms in total. The summed E-state index contributed by atoms with van der Waals surface area (Å²) >= 11 is 0. The number of pyridine rings is 1. The number of hydrogen-bond acceptors (Lipinski definition) is 6. The van der Waals surface area contributed by atoms with Gasteiger partial charge in [0.25, 0.3) is 0 Å². The predicted octanol–water partition coefficient (Wildman–Crippen LogP) is 0.693. The minimum Gasteiger partial charge on any atom is -0.444 e. The minimum absolute atomic E-state index is 0.0311. The van der Waals surface area contributed by atoms with E-state index in [-0.39, 0.29) is 17.1 Å². The number of aryl methyl sites for hydroxylation is 1. The Kier molecular flexibility index (Phi) is 3.82. The first kappa shape index (κ1) is 13.5. The number of oxazole rings is 1. The van der Waals surface area contributed by atoms with E-state index >= 15 is 0 Å². The van der Waals surface area contributed by atoms with Gasteiger partial charge in [-0.05, 0) is 6.07 Å². The van der Waals surface area contributed by atoms with E-state index in [0.717, 1.165) is 0 Å². The Labute approximate surface area is 110 Å². The van der Waals surface area contributed by atoms with Crippen molar-refractivity contribution in [2.75, 3.05) is 5.73 Å². The molecule has 0 radical (unpaired) electrons. The van der Waals surface area contributed by atoms with Gasteiger partial charge in [0.2, 0.25) is 15.9 Å². The zero-order valence-electron chi connectivity index (χ0n) is 10.3. The number of sulfonamides is 1. The van der Waals surface area contributed by atoms with Gasteiger partial charge in [-0.1, -0.05) is 6.92 Å². The molecule has 0 unspecified atom stereocenters. The molecular formula is C11H14N4O3S. The quantitative estimate of drug-likeness (QED) is 0.834. The first-order valence-electron chi connectivity index (χ1n) is 5.65. The summed E-state index contributed by atoms with van der Waals surface area (Å²) in [5, 5.41) is 0. The number of anilines is 1. The van der Waals surface area contributed by atoms with Crippen LogP contribution in [0.5, 0.6) is 0 Å². The maximum Gasteiger partial charge on any atom is 0.244 e. The molecule has 0 saturated carbocycles. The van der Waals surface area contributed by atoms with Gasteiger partial charge in [-0.2, -0.15) is 0 Å². The van der Waals surface area contributed by atoms with Crippen molar-refractivity contribution in [1.82, 2.24) is 14.7 Å². The second-order valence-corrected chi connectivity index (χ2v) is 5.55. The average Bonchev–Trinajstić information content (AvgIpc) is 2.85. The van der Waals surface area contributed by atoms with Crippen molar-refractivity contribution in [2.24, 2.45) is 0 Å². The lowest BCUT2D eigenvalue weighted by atomic mass is 10.4. The molecule has 0 aliphatic carbocycles. The Bertz CT molecular complexity index is 666. The third kappa shape index (κ3) is 3.09. The van der Waals surface area contributed by atoms with Crippen LogP contribution in [-0.4, -0.2) is 18.4 Å². The highest BCUT2D eigenvalue weighted by Gasteiger charge is 2.18. The summed E-state index contributed by atoms with van der Waals surface area (Å²) in [6, 6.07) is 1.43. The summed E-state index contributed by atoms with van der Waals surface area (Å²) in [4.78, 5) is 7.65. The fourth-order valence-corrected chi connectivity index (χ4v) is 2.49. The standard InChI is InChI=1S/C11H14N4O3S/c1-2-8-5-14-11(18-8)7-15-19(16,17)10-6-13-4-3-9(10)12/h3-6,15H,2,7H2,1H3,(H2,12,13). The number of nitrogen functional groups attached to an aromatic ring is 1. The largest absolute Gasteiger partial charge is 0.444 e. The number of aromatic nitrogens is 2. The normalized spacial score (nSPS) is 11.6. The van der Waals surface area contributed by atoms with E-state index in [1.807, 2.05) is 6.92 Å². The molecule has 0 spiro atoms. The van der Waals surface area contributed by atoms with Crippen LogP contribution >= 0.6 is 0 Å². The Hall–Kier alpha value is -1.93. The molecular weight excluding hydrogens is 268 g/mol. The highest BCUT2D eigenvalue weighted by Crippen LogP contribution is 2.15. The van der Waals surface area contributed by atoms with E-state index in [2.05, 4.69) is 14.7 Å². The second-order valence-electron chi connectivity index (χ2n) is 3.81. The topological polar surface area (TPSA) is 111 Å². The maximum atomic E-state index is 12.0. The smallest absolute Gasteiger partial charge is 0.244 e. The van der Waals surface area contributed by atoms with Crippen LogP contribution in [0.2, 0.25) is 0 Å². The highest BCUT2D eigenvalue weighted by molar-refractivity contribution is 7.89. The van der Waals surface area contributed by atoms with Gasteiger partial charge < -0.3 is 10.2 Å². The van der Waals surface area contributed by atoms with Gasteiger partial charge in [0, 0.05) is 18.8 Å². The zero-order chi connectivity index (χ0) is 13.9. The molecule has 102 valence electrons. The van der Waals surface area contributed by atoms with Gasteiger partial charge in [-0.3, -0.25) is 4.98 Å². The monoisotopic (exact) mass is 282 g/mol. The molecule has 2 heterocycles. The second kappa shape index (κ2) is 5.37. The Morgan fingerprint density at radius 3 is 2.84 bits per heavy atom. The Balaban J connectivity index is 2.12. The predicted molar refractivity (Wildman–Crippen MR) is 68.6 cm³/mol. The van der Waals surface area contributed by atoms with E-state index in [4.69, 9.17) is 10.2 Å². The van der Waals surface area contributed by atoms with Crippen molar-refractivity contribution in [3.05, 3.63) is 36.3 Å². The van der Waals surface area contributed by atoms with Gasteiger partial charge in [0.1, 0.15) is 10.7 Å². The van der Waals surface area contributed by atoms with Crippen LogP contribution in [0.4, 0.5) is 5.69 Å². The number of nitrogens with two attached hydrogens (primary N) is 1. The SMILES string of the molecule is CCc1cnc(CNS(=O)(=O)c2cnccc2N)o1. The van der Waals surface area contributed by atoms with E-state index in [0.29, 0.717) is 18.1 Å². The first-order chi connectivity index (χ1) is 9.03. The summed E-state index contributed by atoms with van der Waals surface area (Å²) in [5.41, 5.74) is 5.75. The summed E-state index contributed by atoms with van der Waals surface area (Å²) in [5.74, 6) is 1.01. The van der Waals surface area contributed by atoms with Crippen LogP contribution in [0.25, 0.3) is 0 Å². The van der Waals surface area contributed by atoms with E-state index in [9.17, 15) is 8.42 Å². The van der Waals surface area contributed by atoms with Gasteiger partial charge >= 0.3 is 0 Å². The van der Waals surface area contributed by atoms with E-state index in [1.165, 1.54) is 18.5 Å². The molecule has 0 amide bonds. The summed E-state index contributed by atoms with van der Waals surface area (Å²) in [7, 11) is -3.72. The molecule has 0 aromatic carbocycles. The fraction of sp³-hybridized carbons (Fsp3) is 0.273. The van der Waals surface area contributed by atoms with Crippen LogP contribution in [0.1, 0.15) is 18.6 Å². The van der Waals surface area contributed by atoms with Gasteiger partial charge in [-0.15, -0.1) is 0 Å². The first-order valence-corrected chi connectivity index (χ1v) is 7.14. The van der Waals surface area contributed by atoms with Gasteiger partial charge in [0.05, 0.1) is 18.4 Å². The van der Waals surface area contributed by atoms with Crippen molar-refractivity contribution in [2.45, 2.75) is 24.8 Å². The molecule has 8 heteroatoms. The molecule has 3 N–H and O–H groups in total. The molecule has 0 aliphatic rings. The lowest BCUT2D eigenvalue weighted by molar-refractivity contribution is 0.452. The molecule has 0 aliphatic heterocycles. The zero-order valence-corrected chi connectivity index (χ0v) is 11.1. The van der Waals surface area contributed by atoms with Crippen molar-refractivity contribution < 1.29 is 12.8 Å². The van der Waals surface area contributed by atoms with E-state index in [1.54, 1.807) is 6.20 Å². The Morgan fingerprint density at radius 1 is 1.42 bits per heavy atom. The van der Waals surface area contributed by atoms with Crippen LogP contribution in [0.3, 0.4) is 0 Å². The lowest BCUT2D eigenvalue weighted by Gasteiger charge is -2.06. The van der Waals surface area contributed by atoms with Crippen molar-refractivity contribution in [1.29, 1.82) is 0 Å². The number of rotatable bonds is 5. The molecule has 0 saturated heterocycles. The van der Waals surface area contributed by atoms with Crippen molar-refractivity contribution in [3.8, 4) is 0 Å².